The van der Waals surface area contributed by atoms with Crippen molar-refractivity contribution >= 4 is 11.6 Å². The molecule has 0 aliphatic rings. The summed E-state index contributed by atoms with van der Waals surface area (Å²) in [4.78, 5) is 12.0. The van der Waals surface area contributed by atoms with E-state index in [2.05, 4.69) is 10.6 Å². The first-order valence-electron chi connectivity index (χ1n) is 7.43. The Balaban J connectivity index is 1.95. The number of para-hydroxylation sites is 1. The maximum atomic E-state index is 13.5. The summed E-state index contributed by atoms with van der Waals surface area (Å²) in [5.41, 5.74) is 3.03. The Morgan fingerprint density at radius 3 is 2.35 bits per heavy atom. The molecule has 1 unspecified atom stereocenters. The highest BCUT2D eigenvalue weighted by atomic mass is 19.1. The molecule has 0 bridgehead atoms. The number of hydrogen-bond donors (Lipinski definition) is 2. The standard InChI is InChI=1S/C18H20F2N2O/c1-11-7-8-14(9-12(11)2)13(3)22-17(23)10-21-18-15(19)5-4-6-16(18)20/h4-9,13,21H,10H2,1-3H3,(H,22,23). The zero-order chi connectivity index (χ0) is 17.0. The van der Waals surface area contributed by atoms with Gasteiger partial charge in [-0.1, -0.05) is 24.3 Å². The highest BCUT2D eigenvalue weighted by Gasteiger charge is 2.12. The van der Waals surface area contributed by atoms with Gasteiger partial charge in [-0.3, -0.25) is 4.79 Å². The van der Waals surface area contributed by atoms with Crippen molar-refractivity contribution in [3.05, 3.63) is 64.7 Å². The third-order valence-electron chi connectivity index (χ3n) is 3.80. The quantitative estimate of drug-likeness (QED) is 0.878. The largest absolute Gasteiger partial charge is 0.371 e. The van der Waals surface area contributed by atoms with Gasteiger partial charge in [0.25, 0.3) is 0 Å². The fourth-order valence-electron chi connectivity index (χ4n) is 2.25. The lowest BCUT2D eigenvalue weighted by atomic mass is 10.0. The summed E-state index contributed by atoms with van der Waals surface area (Å²) in [6.07, 6.45) is 0. The van der Waals surface area contributed by atoms with Crippen LogP contribution in [0.15, 0.2) is 36.4 Å². The maximum Gasteiger partial charge on any atom is 0.239 e. The second-order valence-electron chi connectivity index (χ2n) is 5.58. The van der Waals surface area contributed by atoms with Crippen molar-refractivity contribution in [2.24, 2.45) is 0 Å². The van der Waals surface area contributed by atoms with Gasteiger partial charge in [0.2, 0.25) is 5.91 Å². The Kier molecular flexibility index (Phi) is 5.32. The van der Waals surface area contributed by atoms with Gasteiger partial charge in [0.1, 0.15) is 17.3 Å². The molecule has 1 amide bonds. The Hall–Kier alpha value is -2.43. The second-order valence-corrected chi connectivity index (χ2v) is 5.58. The van der Waals surface area contributed by atoms with Gasteiger partial charge in [-0.2, -0.15) is 0 Å². The number of benzene rings is 2. The van der Waals surface area contributed by atoms with Crippen molar-refractivity contribution in [2.45, 2.75) is 26.8 Å². The average Bonchev–Trinajstić information content (AvgIpc) is 2.49. The monoisotopic (exact) mass is 318 g/mol. The van der Waals surface area contributed by atoms with E-state index in [1.54, 1.807) is 0 Å². The maximum absolute atomic E-state index is 13.5. The van der Waals surface area contributed by atoms with Crippen LogP contribution in [-0.4, -0.2) is 12.5 Å². The Labute approximate surface area is 134 Å². The van der Waals surface area contributed by atoms with Crippen LogP contribution in [0.4, 0.5) is 14.5 Å². The van der Waals surface area contributed by atoms with Gasteiger partial charge in [-0.15, -0.1) is 0 Å². The van der Waals surface area contributed by atoms with E-state index in [1.807, 2.05) is 39.0 Å². The number of anilines is 1. The molecule has 3 nitrogen and oxygen atoms in total. The SMILES string of the molecule is Cc1ccc(C(C)NC(=O)CNc2c(F)cccc2F)cc1C. The van der Waals surface area contributed by atoms with Crippen molar-refractivity contribution in [1.29, 1.82) is 0 Å². The minimum absolute atomic E-state index is 0.186. The molecule has 2 N–H and O–H groups in total. The molecule has 5 heteroatoms. The molecule has 1 atom stereocenters. The van der Waals surface area contributed by atoms with Crippen LogP contribution in [0.3, 0.4) is 0 Å². The molecule has 23 heavy (non-hydrogen) atoms. The molecular weight excluding hydrogens is 298 g/mol. The summed E-state index contributed by atoms with van der Waals surface area (Å²) >= 11 is 0. The zero-order valence-electron chi connectivity index (χ0n) is 13.4. The van der Waals surface area contributed by atoms with Gasteiger partial charge in [0.15, 0.2) is 0 Å². The molecule has 2 aromatic carbocycles. The van der Waals surface area contributed by atoms with Gasteiger partial charge in [-0.25, -0.2) is 8.78 Å². The third kappa shape index (κ3) is 4.28. The molecule has 0 aromatic heterocycles. The number of aryl methyl sites for hydroxylation is 2. The van der Waals surface area contributed by atoms with Crippen LogP contribution >= 0.6 is 0 Å². The third-order valence-corrected chi connectivity index (χ3v) is 3.80. The van der Waals surface area contributed by atoms with E-state index in [-0.39, 0.29) is 24.2 Å². The van der Waals surface area contributed by atoms with Crippen molar-refractivity contribution in [2.75, 3.05) is 11.9 Å². The van der Waals surface area contributed by atoms with E-state index in [4.69, 9.17) is 0 Å². The number of amides is 1. The molecule has 0 saturated carbocycles. The topological polar surface area (TPSA) is 41.1 Å². The summed E-state index contributed by atoms with van der Waals surface area (Å²) in [7, 11) is 0. The Morgan fingerprint density at radius 2 is 1.74 bits per heavy atom. The summed E-state index contributed by atoms with van der Waals surface area (Å²) in [5, 5.41) is 5.30. The van der Waals surface area contributed by atoms with Crippen LogP contribution in [0.25, 0.3) is 0 Å². The van der Waals surface area contributed by atoms with Crippen LogP contribution in [0.2, 0.25) is 0 Å². The number of carbonyl (C=O) groups is 1. The summed E-state index contributed by atoms with van der Waals surface area (Å²) in [6.45, 7) is 5.70. The van der Waals surface area contributed by atoms with Crippen LogP contribution in [0.1, 0.15) is 29.7 Å². The molecule has 0 saturated heterocycles. The number of nitrogens with one attached hydrogen (secondary N) is 2. The van der Waals surface area contributed by atoms with Crippen LogP contribution in [0, 0.1) is 25.5 Å². The molecule has 0 heterocycles. The van der Waals surface area contributed by atoms with Crippen molar-refractivity contribution in [1.82, 2.24) is 5.32 Å². The molecule has 2 rings (SSSR count). The van der Waals surface area contributed by atoms with Crippen molar-refractivity contribution in [3.63, 3.8) is 0 Å². The summed E-state index contributed by atoms with van der Waals surface area (Å²) < 4.78 is 27.0. The average molecular weight is 318 g/mol. The lowest BCUT2D eigenvalue weighted by Crippen LogP contribution is -2.32. The minimum Gasteiger partial charge on any atom is -0.371 e. The van der Waals surface area contributed by atoms with Gasteiger partial charge < -0.3 is 10.6 Å². The van der Waals surface area contributed by atoms with Crippen LogP contribution < -0.4 is 10.6 Å². The van der Waals surface area contributed by atoms with E-state index >= 15 is 0 Å². The summed E-state index contributed by atoms with van der Waals surface area (Å²) in [5.74, 6) is -1.78. The zero-order valence-corrected chi connectivity index (χ0v) is 13.4. The highest BCUT2D eigenvalue weighted by Crippen LogP contribution is 2.18. The number of carbonyl (C=O) groups excluding carboxylic acids is 1. The molecule has 0 fully saturated rings. The normalized spacial score (nSPS) is 11.9. The van der Waals surface area contributed by atoms with Gasteiger partial charge >= 0.3 is 0 Å². The molecule has 0 spiro atoms. The number of rotatable bonds is 5. The molecule has 2 aromatic rings. The van der Waals surface area contributed by atoms with Gasteiger partial charge in [0, 0.05) is 0 Å². The highest BCUT2D eigenvalue weighted by molar-refractivity contribution is 5.81. The van der Waals surface area contributed by atoms with Gasteiger partial charge in [-0.05, 0) is 49.6 Å². The molecule has 122 valence electrons. The fourth-order valence-corrected chi connectivity index (χ4v) is 2.25. The summed E-state index contributed by atoms with van der Waals surface area (Å²) in [6, 6.07) is 9.34. The van der Waals surface area contributed by atoms with E-state index in [1.165, 1.54) is 11.6 Å². The second kappa shape index (κ2) is 7.22. The Morgan fingerprint density at radius 1 is 1.09 bits per heavy atom. The van der Waals surface area contributed by atoms with Gasteiger partial charge in [0.05, 0.1) is 12.6 Å². The molecule has 0 aliphatic heterocycles. The van der Waals surface area contributed by atoms with Crippen molar-refractivity contribution in [3.8, 4) is 0 Å². The first-order valence-corrected chi connectivity index (χ1v) is 7.43. The fraction of sp³-hybridized carbons (Fsp3) is 0.278. The Bertz CT molecular complexity index is 696. The predicted molar refractivity (Wildman–Crippen MR) is 87.3 cm³/mol. The van der Waals surface area contributed by atoms with E-state index in [9.17, 15) is 13.6 Å². The number of halogens is 2. The lowest BCUT2D eigenvalue weighted by molar-refractivity contribution is -0.120. The lowest BCUT2D eigenvalue weighted by Gasteiger charge is -2.16. The van der Waals surface area contributed by atoms with E-state index in [0.29, 0.717) is 0 Å². The van der Waals surface area contributed by atoms with Crippen molar-refractivity contribution < 1.29 is 13.6 Å². The predicted octanol–water partition coefficient (Wildman–Crippen LogP) is 3.87. The smallest absolute Gasteiger partial charge is 0.239 e. The molecule has 0 radical (unpaired) electrons. The van der Waals surface area contributed by atoms with Crippen LogP contribution in [0.5, 0.6) is 0 Å². The van der Waals surface area contributed by atoms with Crippen LogP contribution in [-0.2, 0) is 4.79 Å². The van der Waals surface area contributed by atoms with E-state index in [0.717, 1.165) is 23.3 Å². The molecular formula is C18H20F2N2O. The van der Waals surface area contributed by atoms with E-state index < -0.39 is 11.6 Å². The number of hydrogen-bond acceptors (Lipinski definition) is 2. The molecule has 0 aliphatic carbocycles. The first-order chi connectivity index (χ1) is 10.9. The minimum atomic E-state index is -0.722. The first kappa shape index (κ1) is 16.9.